The number of aryl methyl sites for hydroxylation is 3. The average molecular weight is 349 g/mol. The highest BCUT2D eigenvalue weighted by Gasteiger charge is 2.20. The van der Waals surface area contributed by atoms with Gasteiger partial charge in [-0.25, -0.2) is 0 Å². The first kappa shape index (κ1) is 17.9. The van der Waals surface area contributed by atoms with Crippen molar-refractivity contribution in [3.05, 3.63) is 82.5 Å². The van der Waals surface area contributed by atoms with E-state index in [1.54, 1.807) is 6.20 Å². The summed E-state index contributed by atoms with van der Waals surface area (Å²) in [7, 11) is 0. The van der Waals surface area contributed by atoms with E-state index in [0.29, 0.717) is 18.8 Å². The van der Waals surface area contributed by atoms with Crippen LogP contribution < -0.4 is 0 Å². The summed E-state index contributed by atoms with van der Waals surface area (Å²) in [6, 6.07) is 13.9. The van der Waals surface area contributed by atoms with Crippen molar-refractivity contribution in [2.24, 2.45) is 0 Å². The van der Waals surface area contributed by atoms with Crippen LogP contribution in [0.25, 0.3) is 0 Å². The van der Waals surface area contributed by atoms with E-state index in [0.717, 1.165) is 22.5 Å². The van der Waals surface area contributed by atoms with Gasteiger partial charge in [0.15, 0.2) is 0 Å². The number of nitrogens with zero attached hydrogens (tertiary/aromatic N) is 3. The maximum Gasteiger partial charge on any atom is 0.227 e. The zero-order valence-electron chi connectivity index (χ0n) is 15.4. The van der Waals surface area contributed by atoms with Gasteiger partial charge in [-0.3, -0.25) is 9.78 Å². The van der Waals surface area contributed by atoms with Gasteiger partial charge in [0.1, 0.15) is 5.76 Å². The maximum atomic E-state index is 13.1. The van der Waals surface area contributed by atoms with Crippen LogP contribution in [0.3, 0.4) is 0 Å². The molecule has 26 heavy (non-hydrogen) atoms. The molecule has 0 aliphatic heterocycles. The summed E-state index contributed by atoms with van der Waals surface area (Å²) in [6.07, 6.45) is 2.03. The number of benzene rings is 1. The molecule has 3 rings (SSSR count). The van der Waals surface area contributed by atoms with E-state index in [-0.39, 0.29) is 12.3 Å². The van der Waals surface area contributed by atoms with Crippen LogP contribution in [0.5, 0.6) is 0 Å². The van der Waals surface area contributed by atoms with Crippen LogP contribution in [-0.4, -0.2) is 20.9 Å². The Morgan fingerprint density at radius 2 is 1.81 bits per heavy atom. The highest BCUT2D eigenvalue weighted by Crippen LogP contribution is 2.18. The zero-order chi connectivity index (χ0) is 18.5. The largest absolute Gasteiger partial charge is 0.361 e. The lowest BCUT2D eigenvalue weighted by atomic mass is 10.1. The second-order valence-electron chi connectivity index (χ2n) is 6.48. The number of aromatic nitrogens is 2. The average Bonchev–Trinajstić information content (AvgIpc) is 2.95. The molecule has 5 heteroatoms. The van der Waals surface area contributed by atoms with E-state index in [1.165, 1.54) is 5.56 Å². The molecule has 2 heterocycles. The Bertz CT molecular complexity index is 868. The van der Waals surface area contributed by atoms with Crippen molar-refractivity contribution in [3.8, 4) is 0 Å². The fraction of sp³-hybridized carbons (Fsp3) is 0.286. The molecule has 0 aliphatic rings. The predicted octanol–water partition coefficient (Wildman–Crippen LogP) is 3.77. The van der Waals surface area contributed by atoms with Crippen LogP contribution >= 0.6 is 0 Å². The van der Waals surface area contributed by atoms with Crippen molar-refractivity contribution in [2.75, 3.05) is 0 Å². The van der Waals surface area contributed by atoms with Crippen LogP contribution in [0.15, 0.2) is 53.2 Å². The third-order valence-corrected chi connectivity index (χ3v) is 4.56. The van der Waals surface area contributed by atoms with Gasteiger partial charge in [0.2, 0.25) is 5.91 Å². The monoisotopic (exact) mass is 349 g/mol. The van der Waals surface area contributed by atoms with Gasteiger partial charge < -0.3 is 9.42 Å². The minimum atomic E-state index is 0.0355. The molecular formula is C21H23N3O2. The fourth-order valence-electron chi connectivity index (χ4n) is 2.93. The molecular weight excluding hydrogens is 326 g/mol. The first-order valence-electron chi connectivity index (χ1n) is 8.68. The first-order chi connectivity index (χ1) is 12.5. The summed E-state index contributed by atoms with van der Waals surface area (Å²) in [4.78, 5) is 19.3. The number of pyridine rings is 1. The SMILES string of the molecule is Cc1ccccc1CN(Cc1ccccn1)C(=O)Cc1c(C)noc1C. The molecule has 1 aromatic carbocycles. The van der Waals surface area contributed by atoms with Gasteiger partial charge in [0.05, 0.1) is 24.4 Å². The lowest BCUT2D eigenvalue weighted by Gasteiger charge is -2.23. The molecule has 0 spiro atoms. The molecule has 1 amide bonds. The molecule has 0 atom stereocenters. The minimum Gasteiger partial charge on any atom is -0.361 e. The number of carbonyl (C=O) groups is 1. The van der Waals surface area contributed by atoms with Gasteiger partial charge in [0.25, 0.3) is 0 Å². The molecule has 0 fully saturated rings. The van der Waals surface area contributed by atoms with E-state index in [4.69, 9.17) is 4.52 Å². The molecule has 0 saturated carbocycles. The molecule has 0 bridgehead atoms. The van der Waals surface area contributed by atoms with E-state index >= 15 is 0 Å². The fourth-order valence-corrected chi connectivity index (χ4v) is 2.93. The van der Waals surface area contributed by atoms with Crippen LogP contribution in [0, 0.1) is 20.8 Å². The lowest BCUT2D eigenvalue weighted by Crippen LogP contribution is -2.32. The number of amides is 1. The molecule has 0 N–H and O–H groups in total. The van der Waals surface area contributed by atoms with Crippen molar-refractivity contribution in [1.82, 2.24) is 15.0 Å². The second-order valence-corrected chi connectivity index (χ2v) is 6.48. The van der Waals surface area contributed by atoms with Crippen molar-refractivity contribution in [1.29, 1.82) is 0 Å². The van der Waals surface area contributed by atoms with Gasteiger partial charge in [-0.05, 0) is 44.0 Å². The smallest absolute Gasteiger partial charge is 0.227 e. The first-order valence-corrected chi connectivity index (χ1v) is 8.68. The Balaban J connectivity index is 1.84. The third kappa shape index (κ3) is 4.17. The second kappa shape index (κ2) is 7.95. The maximum absolute atomic E-state index is 13.1. The van der Waals surface area contributed by atoms with Crippen LogP contribution in [-0.2, 0) is 24.3 Å². The van der Waals surface area contributed by atoms with E-state index in [2.05, 4.69) is 29.2 Å². The highest BCUT2D eigenvalue weighted by atomic mass is 16.5. The zero-order valence-corrected chi connectivity index (χ0v) is 15.4. The lowest BCUT2D eigenvalue weighted by molar-refractivity contribution is -0.131. The van der Waals surface area contributed by atoms with E-state index in [1.807, 2.05) is 49.1 Å². The third-order valence-electron chi connectivity index (χ3n) is 4.56. The summed E-state index contributed by atoms with van der Waals surface area (Å²) >= 11 is 0. The number of hydrogen-bond donors (Lipinski definition) is 0. The Morgan fingerprint density at radius 1 is 1.04 bits per heavy atom. The van der Waals surface area contributed by atoms with Crippen molar-refractivity contribution in [3.63, 3.8) is 0 Å². The Morgan fingerprint density at radius 3 is 2.46 bits per heavy atom. The molecule has 2 aromatic heterocycles. The van der Waals surface area contributed by atoms with Crippen molar-refractivity contribution in [2.45, 2.75) is 40.3 Å². The number of carbonyl (C=O) groups excluding carboxylic acids is 1. The summed E-state index contributed by atoms with van der Waals surface area (Å²) in [5, 5.41) is 3.95. The van der Waals surface area contributed by atoms with Crippen LogP contribution in [0.1, 0.15) is 33.8 Å². The Hall–Kier alpha value is -2.95. The molecule has 3 aromatic rings. The van der Waals surface area contributed by atoms with Gasteiger partial charge in [-0.15, -0.1) is 0 Å². The van der Waals surface area contributed by atoms with Gasteiger partial charge in [-0.1, -0.05) is 35.5 Å². The van der Waals surface area contributed by atoms with E-state index < -0.39 is 0 Å². The molecule has 134 valence electrons. The van der Waals surface area contributed by atoms with Gasteiger partial charge in [-0.2, -0.15) is 0 Å². The van der Waals surface area contributed by atoms with Crippen molar-refractivity contribution >= 4 is 5.91 Å². The van der Waals surface area contributed by atoms with Crippen LogP contribution in [0.4, 0.5) is 0 Å². The quantitative estimate of drug-likeness (QED) is 0.680. The number of rotatable bonds is 6. The summed E-state index contributed by atoms with van der Waals surface area (Å²) < 4.78 is 5.20. The summed E-state index contributed by atoms with van der Waals surface area (Å²) in [5.41, 5.74) is 4.81. The highest BCUT2D eigenvalue weighted by molar-refractivity contribution is 5.79. The van der Waals surface area contributed by atoms with Crippen molar-refractivity contribution < 1.29 is 9.32 Å². The van der Waals surface area contributed by atoms with Gasteiger partial charge in [0, 0.05) is 18.3 Å². The van der Waals surface area contributed by atoms with E-state index in [9.17, 15) is 4.79 Å². The normalized spacial score (nSPS) is 10.7. The summed E-state index contributed by atoms with van der Waals surface area (Å²) in [5.74, 6) is 0.734. The topological polar surface area (TPSA) is 59.2 Å². The standard InChI is InChI=1S/C21H23N3O2/c1-15-8-4-5-9-18(15)13-24(14-19-10-6-7-11-22-19)21(25)12-20-16(2)23-26-17(20)3/h4-11H,12-14H2,1-3H3. The molecule has 0 saturated heterocycles. The predicted molar refractivity (Wildman–Crippen MR) is 99.4 cm³/mol. The Kier molecular flexibility index (Phi) is 5.46. The Labute approximate surface area is 153 Å². The number of hydrogen-bond acceptors (Lipinski definition) is 4. The minimum absolute atomic E-state index is 0.0355. The summed E-state index contributed by atoms with van der Waals surface area (Å²) in [6.45, 7) is 6.78. The molecule has 0 aliphatic carbocycles. The molecule has 5 nitrogen and oxygen atoms in total. The molecule has 0 radical (unpaired) electrons. The molecule has 0 unspecified atom stereocenters. The van der Waals surface area contributed by atoms with Crippen LogP contribution in [0.2, 0.25) is 0 Å². The van der Waals surface area contributed by atoms with Gasteiger partial charge >= 0.3 is 0 Å².